The highest BCUT2D eigenvalue weighted by Gasteiger charge is 2.10. The molecule has 1 rings (SSSR count). The zero-order valence-electron chi connectivity index (χ0n) is 8.63. The van der Waals surface area contributed by atoms with E-state index in [4.69, 9.17) is 11.5 Å². The van der Waals surface area contributed by atoms with Crippen LogP contribution in [0.1, 0.15) is 10.5 Å². The quantitative estimate of drug-likeness (QED) is 0.583. The number of hydrogen-bond acceptors (Lipinski definition) is 4. The van der Waals surface area contributed by atoms with Crippen molar-refractivity contribution in [2.24, 2.45) is 0 Å². The lowest BCUT2D eigenvalue weighted by molar-refractivity contribution is 0.0690. The van der Waals surface area contributed by atoms with Gasteiger partial charge in [0.25, 0.3) is 0 Å². The standard InChI is InChI=1S/C11H11N3O2/c1-3-7-14(8-4-2)11-12-6-5-9(13-11)10(15)16/h1,4-6H,2,7-8H2,(H,15,16). The molecule has 0 saturated heterocycles. The summed E-state index contributed by atoms with van der Waals surface area (Å²) in [6.45, 7) is 4.35. The average Bonchev–Trinajstić information content (AvgIpc) is 2.29. The molecule has 0 amide bonds. The van der Waals surface area contributed by atoms with Gasteiger partial charge in [0.15, 0.2) is 5.69 Å². The first-order valence-corrected chi connectivity index (χ1v) is 4.54. The van der Waals surface area contributed by atoms with Crippen LogP contribution in [0.5, 0.6) is 0 Å². The maximum absolute atomic E-state index is 10.7. The molecule has 5 nitrogen and oxygen atoms in total. The number of hydrogen-bond donors (Lipinski definition) is 1. The van der Waals surface area contributed by atoms with Crippen LogP contribution in [0.15, 0.2) is 24.9 Å². The summed E-state index contributed by atoms with van der Waals surface area (Å²) in [5.41, 5.74) is -0.0592. The third kappa shape index (κ3) is 2.82. The lowest BCUT2D eigenvalue weighted by Gasteiger charge is -2.17. The fraction of sp³-hybridized carbons (Fsp3) is 0.182. The van der Waals surface area contributed by atoms with Crippen LogP contribution in [0.4, 0.5) is 5.95 Å². The predicted octanol–water partition coefficient (Wildman–Crippen LogP) is 0.800. The van der Waals surface area contributed by atoms with Crippen molar-refractivity contribution in [1.29, 1.82) is 0 Å². The third-order valence-electron chi connectivity index (χ3n) is 1.78. The summed E-state index contributed by atoms with van der Waals surface area (Å²) < 4.78 is 0. The minimum absolute atomic E-state index is 0.0592. The van der Waals surface area contributed by atoms with E-state index in [1.807, 2.05) is 0 Å². The van der Waals surface area contributed by atoms with Crippen molar-refractivity contribution in [1.82, 2.24) is 9.97 Å². The largest absolute Gasteiger partial charge is 0.477 e. The zero-order valence-corrected chi connectivity index (χ0v) is 8.63. The van der Waals surface area contributed by atoms with Gasteiger partial charge in [-0.05, 0) is 6.07 Å². The highest BCUT2D eigenvalue weighted by Crippen LogP contribution is 2.07. The molecule has 0 aromatic carbocycles. The van der Waals surface area contributed by atoms with Gasteiger partial charge >= 0.3 is 5.97 Å². The van der Waals surface area contributed by atoms with Crippen LogP contribution in [0.2, 0.25) is 0 Å². The molecule has 1 aromatic heterocycles. The van der Waals surface area contributed by atoms with E-state index in [2.05, 4.69) is 22.5 Å². The molecule has 0 atom stereocenters. The lowest BCUT2D eigenvalue weighted by Crippen LogP contribution is -2.26. The second-order valence-corrected chi connectivity index (χ2v) is 2.92. The molecule has 16 heavy (non-hydrogen) atoms. The van der Waals surface area contributed by atoms with Gasteiger partial charge in [-0.1, -0.05) is 12.0 Å². The van der Waals surface area contributed by atoms with Gasteiger partial charge < -0.3 is 10.0 Å². The van der Waals surface area contributed by atoms with E-state index >= 15 is 0 Å². The second kappa shape index (κ2) is 5.51. The summed E-state index contributed by atoms with van der Waals surface area (Å²) in [5.74, 6) is 1.65. The predicted molar refractivity (Wildman–Crippen MR) is 60.2 cm³/mol. The Morgan fingerprint density at radius 3 is 3.06 bits per heavy atom. The topological polar surface area (TPSA) is 66.3 Å². The number of terminal acetylenes is 1. The van der Waals surface area contributed by atoms with E-state index in [1.54, 1.807) is 11.0 Å². The zero-order chi connectivity index (χ0) is 12.0. The molecule has 0 bridgehead atoms. The summed E-state index contributed by atoms with van der Waals surface area (Å²) >= 11 is 0. The normalized spacial score (nSPS) is 9.19. The Labute approximate surface area is 93.5 Å². The molecule has 1 heterocycles. The molecule has 1 aromatic rings. The molecule has 0 fully saturated rings. The van der Waals surface area contributed by atoms with E-state index in [0.29, 0.717) is 13.1 Å². The molecular weight excluding hydrogens is 206 g/mol. The summed E-state index contributed by atoms with van der Waals surface area (Å²) in [7, 11) is 0. The number of nitrogens with zero attached hydrogens (tertiary/aromatic N) is 3. The minimum Gasteiger partial charge on any atom is -0.477 e. The van der Waals surface area contributed by atoms with Gasteiger partial charge in [-0.15, -0.1) is 13.0 Å². The molecule has 0 aliphatic heterocycles. The molecule has 82 valence electrons. The van der Waals surface area contributed by atoms with Crippen LogP contribution in [-0.4, -0.2) is 34.1 Å². The Bertz CT molecular complexity index is 437. The third-order valence-corrected chi connectivity index (χ3v) is 1.78. The molecule has 0 radical (unpaired) electrons. The van der Waals surface area contributed by atoms with Crippen molar-refractivity contribution in [3.05, 3.63) is 30.6 Å². The molecule has 0 unspecified atom stereocenters. The average molecular weight is 217 g/mol. The molecule has 0 saturated carbocycles. The summed E-state index contributed by atoms with van der Waals surface area (Å²) in [5, 5.41) is 8.78. The van der Waals surface area contributed by atoms with E-state index in [9.17, 15) is 4.79 Å². The highest BCUT2D eigenvalue weighted by atomic mass is 16.4. The molecule has 1 N–H and O–H groups in total. The van der Waals surface area contributed by atoms with Crippen molar-refractivity contribution in [3.8, 4) is 12.3 Å². The first-order valence-electron chi connectivity index (χ1n) is 4.54. The van der Waals surface area contributed by atoms with Gasteiger partial charge in [0.05, 0.1) is 6.54 Å². The fourth-order valence-corrected chi connectivity index (χ4v) is 1.10. The van der Waals surface area contributed by atoms with Crippen LogP contribution in [0, 0.1) is 12.3 Å². The van der Waals surface area contributed by atoms with Gasteiger partial charge in [0, 0.05) is 12.7 Å². The summed E-state index contributed by atoms with van der Waals surface area (Å²) in [4.78, 5) is 20.2. The van der Waals surface area contributed by atoms with Gasteiger partial charge in [-0.3, -0.25) is 0 Å². The molecule has 0 aliphatic carbocycles. The van der Waals surface area contributed by atoms with Crippen LogP contribution in [0.25, 0.3) is 0 Å². The van der Waals surface area contributed by atoms with Crippen LogP contribution >= 0.6 is 0 Å². The van der Waals surface area contributed by atoms with E-state index in [1.165, 1.54) is 12.3 Å². The first kappa shape index (κ1) is 11.7. The Kier molecular flexibility index (Phi) is 4.04. The first-order chi connectivity index (χ1) is 7.69. The number of aromatic carboxylic acids is 1. The Morgan fingerprint density at radius 1 is 1.75 bits per heavy atom. The van der Waals surface area contributed by atoms with Crippen LogP contribution < -0.4 is 4.90 Å². The number of carboxylic acid groups (broad SMARTS) is 1. The number of carbonyl (C=O) groups is 1. The Morgan fingerprint density at radius 2 is 2.50 bits per heavy atom. The van der Waals surface area contributed by atoms with Gasteiger partial charge in [-0.2, -0.15) is 0 Å². The molecular formula is C11H11N3O2. The van der Waals surface area contributed by atoms with E-state index in [-0.39, 0.29) is 11.6 Å². The molecule has 0 aliphatic rings. The molecule has 5 heteroatoms. The fourth-order valence-electron chi connectivity index (χ4n) is 1.10. The van der Waals surface area contributed by atoms with Crippen LogP contribution in [-0.2, 0) is 0 Å². The van der Waals surface area contributed by atoms with Gasteiger partial charge in [0.1, 0.15) is 0 Å². The minimum atomic E-state index is -1.09. The molecule has 0 spiro atoms. The van der Waals surface area contributed by atoms with Crippen molar-refractivity contribution in [2.75, 3.05) is 18.0 Å². The lowest BCUT2D eigenvalue weighted by atomic mass is 10.4. The number of aromatic nitrogens is 2. The monoisotopic (exact) mass is 217 g/mol. The van der Waals surface area contributed by atoms with E-state index < -0.39 is 5.97 Å². The van der Waals surface area contributed by atoms with Crippen molar-refractivity contribution in [2.45, 2.75) is 0 Å². The number of carboxylic acids is 1. The Hall–Kier alpha value is -2.35. The van der Waals surface area contributed by atoms with Crippen molar-refractivity contribution in [3.63, 3.8) is 0 Å². The maximum atomic E-state index is 10.7. The van der Waals surface area contributed by atoms with Crippen LogP contribution in [0.3, 0.4) is 0 Å². The second-order valence-electron chi connectivity index (χ2n) is 2.92. The Balaban J connectivity index is 3.00. The summed E-state index contributed by atoms with van der Waals surface area (Å²) in [6.07, 6.45) is 8.23. The maximum Gasteiger partial charge on any atom is 0.354 e. The summed E-state index contributed by atoms with van der Waals surface area (Å²) in [6, 6.07) is 1.33. The number of rotatable bonds is 5. The van der Waals surface area contributed by atoms with Crippen molar-refractivity contribution < 1.29 is 9.90 Å². The number of anilines is 1. The smallest absolute Gasteiger partial charge is 0.354 e. The van der Waals surface area contributed by atoms with Crippen molar-refractivity contribution >= 4 is 11.9 Å². The van der Waals surface area contributed by atoms with Gasteiger partial charge in [0.2, 0.25) is 5.95 Å². The highest BCUT2D eigenvalue weighted by molar-refractivity contribution is 5.85. The van der Waals surface area contributed by atoms with E-state index in [0.717, 1.165) is 0 Å². The van der Waals surface area contributed by atoms with Gasteiger partial charge in [-0.25, -0.2) is 14.8 Å². The SMILES string of the molecule is C#CCN(CC=C)c1nccc(C(=O)O)n1.